The van der Waals surface area contributed by atoms with Crippen molar-refractivity contribution in [1.29, 1.82) is 0 Å². The Kier molecular flexibility index (Phi) is 4.98. The Bertz CT molecular complexity index is 847. The summed E-state index contributed by atoms with van der Waals surface area (Å²) < 4.78 is 1.79. The number of amides is 1. The van der Waals surface area contributed by atoms with E-state index in [1.807, 2.05) is 7.05 Å². The maximum atomic E-state index is 12.0. The summed E-state index contributed by atoms with van der Waals surface area (Å²) in [6.45, 7) is 0.506. The molecule has 3 rings (SSSR count). The molecule has 10 heteroatoms. The van der Waals surface area contributed by atoms with Gasteiger partial charge in [0.1, 0.15) is 16.5 Å². The number of halogens is 2. The fourth-order valence-corrected chi connectivity index (χ4v) is 2.83. The summed E-state index contributed by atoms with van der Waals surface area (Å²) in [4.78, 5) is 16.2. The fraction of sp³-hybridized carbons (Fsp3) is 0.143. The van der Waals surface area contributed by atoms with Crippen LogP contribution in [0.25, 0.3) is 0 Å². The van der Waals surface area contributed by atoms with Crippen molar-refractivity contribution >= 4 is 51.4 Å². The third kappa shape index (κ3) is 3.66. The average Bonchev–Trinajstić information content (AvgIpc) is 3.18. The van der Waals surface area contributed by atoms with Gasteiger partial charge in [0.2, 0.25) is 5.13 Å². The molecule has 0 spiro atoms. The molecule has 0 saturated heterocycles. The molecule has 0 aromatic carbocycles. The van der Waals surface area contributed by atoms with Crippen LogP contribution in [0.15, 0.2) is 29.9 Å². The van der Waals surface area contributed by atoms with Gasteiger partial charge < -0.3 is 9.88 Å². The lowest BCUT2D eigenvalue weighted by atomic mass is 10.2. The Morgan fingerprint density at radius 2 is 2.21 bits per heavy atom. The first-order chi connectivity index (χ1) is 11.5. The van der Waals surface area contributed by atoms with E-state index in [0.29, 0.717) is 33.2 Å². The Morgan fingerprint density at radius 1 is 1.38 bits per heavy atom. The van der Waals surface area contributed by atoms with Gasteiger partial charge in [0.05, 0.1) is 17.1 Å². The maximum Gasteiger partial charge on any atom is 0.259 e. The highest BCUT2D eigenvalue weighted by molar-refractivity contribution is 7.13. The van der Waals surface area contributed by atoms with Gasteiger partial charge in [0.25, 0.3) is 5.91 Å². The number of nitrogens with one attached hydrogen (secondary N) is 2. The van der Waals surface area contributed by atoms with E-state index in [9.17, 15) is 4.79 Å². The Morgan fingerprint density at radius 3 is 2.79 bits per heavy atom. The van der Waals surface area contributed by atoms with Crippen molar-refractivity contribution in [3.05, 3.63) is 51.3 Å². The van der Waals surface area contributed by atoms with Crippen LogP contribution in [-0.2, 0) is 13.6 Å². The van der Waals surface area contributed by atoms with Crippen LogP contribution < -0.4 is 10.6 Å². The lowest BCUT2D eigenvalue weighted by molar-refractivity contribution is 0.102. The largest absolute Gasteiger partial charge is 0.364 e. The van der Waals surface area contributed by atoms with Crippen molar-refractivity contribution in [1.82, 2.24) is 19.7 Å². The quantitative estimate of drug-likeness (QED) is 0.705. The molecule has 0 unspecified atom stereocenters. The Hall–Kier alpha value is -2.16. The molecule has 2 N–H and O–H groups in total. The normalized spacial score (nSPS) is 10.6. The SMILES string of the molecule is Cn1c(CNc2ccc(C(=O)Nc3nncs3)cn2)cc(Cl)c1Cl. The summed E-state index contributed by atoms with van der Waals surface area (Å²) in [5, 5.41) is 14.7. The van der Waals surface area contributed by atoms with Gasteiger partial charge in [-0.15, -0.1) is 10.2 Å². The second kappa shape index (κ2) is 7.16. The zero-order valence-electron chi connectivity index (χ0n) is 12.5. The van der Waals surface area contributed by atoms with E-state index in [-0.39, 0.29) is 5.91 Å². The molecule has 0 aliphatic carbocycles. The van der Waals surface area contributed by atoms with Gasteiger partial charge in [-0.2, -0.15) is 0 Å². The molecular formula is C14H12Cl2N6OS. The van der Waals surface area contributed by atoms with Crippen LogP contribution in [0.1, 0.15) is 16.1 Å². The number of carbonyl (C=O) groups excluding carboxylic acids is 1. The topological polar surface area (TPSA) is 84.7 Å². The summed E-state index contributed by atoms with van der Waals surface area (Å²) in [6, 6.07) is 5.19. The molecule has 3 aromatic rings. The minimum absolute atomic E-state index is 0.285. The van der Waals surface area contributed by atoms with Crippen molar-refractivity contribution in [2.75, 3.05) is 10.6 Å². The molecule has 0 fully saturated rings. The van der Waals surface area contributed by atoms with Crippen LogP contribution in [0, 0.1) is 0 Å². The zero-order chi connectivity index (χ0) is 17.1. The van der Waals surface area contributed by atoms with Crippen molar-refractivity contribution in [2.24, 2.45) is 7.05 Å². The maximum absolute atomic E-state index is 12.0. The monoisotopic (exact) mass is 382 g/mol. The predicted molar refractivity (Wildman–Crippen MR) is 94.9 cm³/mol. The molecule has 0 aliphatic heterocycles. The molecule has 7 nitrogen and oxygen atoms in total. The molecule has 3 heterocycles. The Balaban J connectivity index is 1.62. The molecule has 0 saturated carbocycles. The molecule has 3 aromatic heterocycles. The van der Waals surface area contributed by atoms with Crippen LogP contribution in [0.3, 0.4) is 0 Å². The van der Waals surface area contributed by atoms with Gasteiger partial charge in [-0.3, -0.25) is 10.1 Å². The zero-order valence-corrected chi connectivity index (χ0v) is 14.8. The summed E-state index contributed by atoms with van der Waals surface area (Å²) in [7, 11) is 1.83. The highest BCUT2D eigenvalue weighted by Gasteiger charge is 2.10. The number of hydrogen-bond donors (Lipinski definition) is 2. The van der Waals surface area contributed by atoms with Crippen LogP contribution in [0.2, 0.25) is 10.2 Å². The molecule has 0 radical (unpaired) electrons. The minimum atomic E-state index is -0.285. The third-order valence-corrected chi connectivity index (χ3v) is 4.72. The van der Waals surface area contributed by atoms with E-state index in [1.165, 1.54) is 17.5 Å². The highest BCUT2D eigenvalue weighted by Crippen LogP contribution is 2.25. The van der Waals surface area contributed by atoms with Gasteiger partial charge in [-0.25, -0.2) is 4.98 Å². The molecule has 0 aliphatic rings. The van der Waals surface area contributed by atoms with Gasteiger partial charge in [0.15, 0.2) is 0 Å². The first-order valence-corrected chi connectivity index (χ1v) is 8.45. The lowest BCUT2D eigenvalue weighted by Gasteiger charge is -2.08. The van der Waals surface area contributed by atoms with Crippen LogP contribution >= 0.6 is 34.5 Å². The number of rotatable bonds is 5. The van der Waals surface area contributed by atoms with Crippen LogP contribution in [0.5, 0.6) is 0 Å². The first kappa shape index (κ1) is 16.7. The molecule has 124 valence electrons. The van der Waals surface area contributed by atoms with Gasteiger partial charge >= 0.3 is 0 Å². The van der Waals surface area contributed by atoms with Crippen molar-refractivity contribution in [3.8, 4) is 0 Å². The van der Waals surface area contributed by atoms with Gasteiger partial charge in [-0.05, 0) is 18.2 Å². The number of nitrogens with zero attached hydrogens (tertiary/aromatic N) is 4. The fourth-order valence-electron chi connectivity index (χ4n) is 1.97. The van der Waals surface area contributed by atoms with Gasteiger partial charge in [-0.1, -0.05) is 34.5 Å². The van der Waals surface area contributed by atoms with E-state index in [1.54, 1.807) is 28.3 Å². The number of anilines is 2. The lowest BCUT2D eigenvalue weighted by Crippen LogP contribution is -2.12. The van der Waals surface area contributed by atoms with Crippen molar-refractivity contribution in [3.63, 3.8) is 0 Å². The van der Waals surface area contributed by atoms with E-state index in [0.717, 1.165) is 5.69 Å². The molecule has 0 atom stereocenters. The minimum Gasteiger partial charge on any atom is -0.364 e. The van der Waals surface area contributed by atoms with Crippen LogP contribution in [0.4, 0.5) is 10.9 Å². The van der Waals surface area contributed by atoms with Gasteiger partial charge in [0, 0.05) is 18.9 Å². The van der Waals surface area contributed by atoms with E-state index in [4.69, 9.17) is 23.2 Å². The molecule has 24 heavy (non-hydrogen) atoms. The number of carbonyl (C=O) groups is 1. The van der Waals surface area contributed by atoms with Crippen LogP contribution in [-0.4, -0.2) is 25.7 Å². The van der Waals surface area contributed by atoms with E-state index >= 15 is 0 Å². The van der Waals surface area contributed by atoms with E-state index < -0.39 is 0 Å². The van der Waals surface area contributed by atoms with Crippen molar-refractivity contribution in [2.45, 2.75) is 6.54 Å². The second-order valence-corrected chi connectivity index (χ2v) is 6.42. The second-order valence-electron chi connectivity index (χ2n) is 4.82. The molecule has 1 amide bonds. The summed E-state index contributed by atoms with van der Waals surface area (Å²) in [5.74, 6) is 0.350. The first-order valence-electron chi connectivity index (χ1n) is 6.81. The third-order valence-electron chi connectivity index (χ3n) is 3.27. The molecule has 0 bridgehead atoms. The predicted octanol–water partition coefficient (Wildman–Crippen LogP) is 3.44. The smallest absolute Gasteiger partial charge is 0.259 e. The van der Waals surface area contributed by atoms with Crippen molar-refractivity contribution < 1.29 is 4.79 Å². The average molecular weight is 383 g/mol. The highest BCUT2D eigenvalue weighted by atomic mass is 35.5. The number of hydrogen-bond acceptors (Lipinski definition) is 6. The summed E-state index contributed by atoms with van der Waals surface area (Å²) in [5.41, 5.74) is 2.90. The standard InChI is InChI=1S/C14H12Cl2N6OS/c1-22-9(4-10(15)12(22)16)6-18-11-3-2-8(5-17-11)13(23)20-14-21-19-7-24-14/h2-5,7H,6H2,1H3,(H,17,18)(H,20,21,23). The summed E-state index contributed by atoms with van der Waals surface area (Å²) in [6.07, 6.45) is 1.49. The van der Waals surface area contributed by atoms with E-state index in [2.05, 4.69) is 25.8 Å². The number of pyridine rings is 1. The number of aromatic nitrogens is 4. The Labute approximate surface area is 151 Å². The molecular weight excluding hydrogens is 371 g/mol. The summed E-state index contributed by atoms with van der Waals surface area (Å²) >= 11 is 13.3.